The summed E-state index contributed by atoms with van der Waals surface area (Å²) < 4.78 is 18.7. The normalized spacial score (nSPS) is 19.4. The number of aryl methyl sites for hydroxylation is 2. The third-order valence-corrected chi connectivity index (χ3v) is 5.64. The average molecular weight is 460 g/mol. The van der Waals surface area contributed by atoms with E-state index in [4.69, 9.17) is 25.2 Å². The monoisotopic (exact) mass is 460 g/mol. The number of hydrogen-bond donors (Lipinski definition) is 1. The molecule has 0 radical (unpaired) electrons. The molecular weight excluding hydrogens is 436 g/mol. The van der Waals surface area contributed by atoms with Gasteiger partial charge in [-0.3, -0.25) is 4.57 Å². The Labute approximate surface area is 196 Å². The number of nitrogens with two attached hydrogens (primary N) is 1. The van der Waals surface area contributed by atoms with Gasteiger partial charge < -0.3 is 19.9 Å². The second-order valence-electron chi connectivity index (χ2n) is 8.14. The van der Waals surface area contributed by atoms with E-state index in [1.165, 1.54) is 10.9 Å². The number of esters is 2. The fourth-order valence-electron chi connectivity index (χ4n) is 3.66. The van der Waals surface area contributed by atoms with Gasteiger partial charge in [0.2, 0.25) is 0 Å². The zero-order valence-corrected chi connectivity index (χ0v) is 18.8. The lowest BCUT2D eigenvalue weighted by Gasteiger charge is -2.19. The molecule has 4 rings (SSSR count). The van der Waals surface area contributed by atoms with Crippen LogP contribution in [0, 0.1) is 25.2 Å². The Hall–Kier alpha value is -4.16. The highest BCUT2D eigenvalue weighted by Gasteiger charge is 2.40. The van der Waals surface area contributed by atoms with E-state index in [9.17, 15) is 9.59 Å². The van der Waals surface area contributed by atoms with E-state index < -0.39 is 30.4 Å². The van der Waals surface area contributed by atoms with Crippen LogP contribution >= 0.6 is 0 Å². The smallest absolute Gasteiger partial charge is 0.338 e. The molecule has 0 amide bonds. The molecule has 3 aromatic rings. The Kier molecular flexibility index (Phi) is 6.61. The number of carbonyl (C=O) groups excluding carboxylic acids is 2. The molecule has 1 aliphatic rings. The van der Waals surface area contributed by atoms with Crippen LogP contribution in [0.5, 0.6) is 0 Å². The van der Waals surface area contributed by atoms with Crippen molar-refractivity contribution in [1.29, 1.82) is 5.26 Å². The number of anilines is 1. The minimum absolute atomic E-state index is 0.0750. The molecular formula is C25H24N4O5. The SMILES string of the molecule is Cc1ccc(C(=O)OC[C@H]2O[C@@H](n3cnc(C#N)c3N)C[C@@H]2OC(=O)c2ccc(C)cc2)cc1. The van der Waals surface area contributed by atoms with Crippen LogP contribution in [-0.2, 0) is 14.2 Å². The molecule has 2 aromatic carbocycles. The maximum Gasteiger partial charge on any atom is 0.338 e. The molecule has 2 N–H and O–H groups in total. The summed E-state index contributed by atoms with van der Waals surface area (Å²) in [7, 11) is 0. The summed E-state index contributed by atoms with van der Waals surface area (Å²) in [6, 6.07) is 15.9. The predicted molar refractivity (Wildman–Crippen MR) is 122 cm³/mol. The minimum Gasteiger partial charge on any atom is -0.459 e. The van der Waals surface area contributed by atoms with E-state index in [2.05, 4.69) is 4.98 Å². The van der Waals surface area contributed by atoms with Gasteiger partial charge in [-0.15, -0.1) is 0 Å². The Morgan fingerprint density at radius 3 is 2.24 bits per heavy atom. The van der Waals surface area contributed by atoms with Gasteiger partial charge in [0.1, 0.15) is 43.3 Å². The second-order valence-corrected chi connectivity index (χ2v) is 8.14. The van der Waals surface area contributed by atoms with Gasteiger partial charge in [0.15, 0.2) is 5.69 Å². The molecule has 1 aliphatic heterocycles. The van der Waals surface area contributed by atoms with Crippen LogP contribution in [0.4, 0.5) is 5.82 Å². The Morgan fingerprint density at radius 1 is 1.09 bits per heavy atom. The maximum absolute atomic E-state index is 12.7. The van der Waals surface area contributed by atoms with E-state index in [-0.39, 0.29) is 24.5 Å². The third kappa shape index (κ3) is 4.92. The summed E-state index contributed by atoms with van der Waals surface area (Å²) in [6.45, 7) is 3.72. The van der Waals surface area contributed by atoms with Crippen LogP contribution in [0.25, 0.3) is 0 Å². The van der Waals surface area contributed by atoms with Gasteiger partial charge in [0.25, 0.3) is 0 Å². The van der Waals surface area contributed by atoms with Crippen molar-refractivity contribution < 1.29 is 23.8 Å². The van der Waals surface area contributed by atoms with E-state index in [0.717, 1.165) is 11.1 Å². The fourth-order valence-corrected chi connectivity index (χ4v) is 3.66. The van der Waals surface area contributed by atoms with Gasteiger partial charge in [0, 0.05) is 6.42 Å². The van der Waals surface area contributed by atoms with E-state index >= 15 is 0 Å². The molecule has 0 aliphatic carbocycles. The quantitative estimate of drug-likeness (QED) is 0.555. The molecule has 0 unspecified atom stereocenters. The van der Waals surface area contributed by atoms with Crippen molar-refractivity contribution in [3.05, 3.63) is 82.8 Å². The highest BCUT2D eigenvalue weighted by molar-refractivity contribution is 5.90. The summed E-state index contributed by atoms with van der Waals surface area (Å²) in [6.07, 6.45) is -0.444. The molecule has 3 atom stereocenters. The molecule has 1 saturated heterocycles. The lowest BCUT2D eigenvalue weighted by molar-refractivity contribution is -0.0566. The lowest BCUT2D eigenvalue weighted by atomic mass is 10.1. The van der Waals surface area contributed by atoms with Crippen LogP contribution in [0.1, 0.15) is 50.2 Å². The second kappa shape index (κ2) is 9.77. The Bertz CT molecular complexity index is 1230. The summed E-state index contributed by atoms with van der Waals surface area (Å²) in [5, 5.41) is 9.14. The van der Waals surface area contributed by atoms with Crippen molar-refractivity contribution in [2.45, 2.75) is 38.7 Å². The van der Waals surface area contributed by atoms with Crippen LogP contribution < -0.4 is 5.73 Å². The van der Waals surface area contributed by atoms with Crippen LogP contribution in [0.15, 0.2) is 54.9 Å². The van der Waals surface area contributed by atoms with Gasteiger partial charge >= 0.3 is 11.9 Å². The standard InChI is InChI=1S/C25H24N4O5/c1-15-3-7-17(8-4-15)24(30)32-13-21-20(34-25(31)18-9-5-16(2)6-10-18)11-22(33-21)29-14-28-19(12-26)23(29)27/h3-10,14,20-22H,11,13,27H2,1-2H3/t20-,21+,22+/m0/s1. The van der Waals surface area contributed by atoms with Crippen molar-refractivity contribution in [2.24, 2.45) is 0 Å². The van der Waals surface area contributed by atoms with E-state index in [1.807, 2.05) is 44.2 Å². The van der Waals surface area contributed by atoms with Gasteiger partial charge in [-0.25, -0.2) is 14.6 Å². The summed E-state index contributed by atoms with van der Waals surface area (Å²) in [5.74, 6) is -0.876. The number of hydrogen-bond acceptors (Lipinski definition) is 8. The highest BCUT2D eigenvalue weighted by Crippen LogP contribution is 2.34. The minimum atomic E-state index is -0.735. The number of nitrogen functional groups attached to an aromatic ring is 1. The molecule has 0 spiro atoms. The lowest BCUT2D eigenvalue weighted by Crippen LogP contribution is -2.32. The molecule has 174 valence electrons. The fraction of sp³-hybridized carbons (Fsp3) is 0.280. The summed E-state index contributed by atoms with van der Waals surface area (Å²) >= 11 is 0. The first-order valence-corrected chi connectivity index (χ1v) is 10.7. The Morgan fingerprint density at radius 2 is 1.68 bits per heavy atom. The number of imidazole rings is 1. The molecule has 9 heteroatoms. The number of carbonyl (C=O) groups is 2. The van der Waals surface area contributed by atoms with E-state index in [0.29, 0.717) is 11.1 Å². The van der Waals surface area contributed by atoms with Crippen molar-refractivity contribution >= 4 is 17.8 Å². The third-order valence-electron chi connectivity index (χ3n) is 5.64. The van der Waals surface area contributed by atoms with Crippen LogP contribution in [0.2, 0.25) is 0 Å². The molecule has 1 fully saturated rings. The van der Waals surface area contributed by atoms with Crippen molar-refractivity contribution in [2.75, 3.05) is 12.3 Å². The summed E-state index contributed by atoms with van der Waals surface area (Å²) in [4.78, 5) is 29.2. The number of nitriles is 1. The number of benzene rings is 2. The maximum atomic E-state index is 12.7. The van der Waals surface area contributed by atoms with Gasteiger partial charge in [-0.2, -0.15) is 5.26 Å². The zero-order valence-electron chi connectivity index (χ0n) is 18.8. The molecule has 9 nitrogen and oxygen atoms in total. The predicted octanol–water partition coefficient (Wildman–Crippen LogP) is 3.32. The van der Waals surface area contributed by atoms with Gasteiger partial charge in [0.05, 0.1) is 11.1 Å². The molecule has 1 aromatic heterocycles. The van der Waals surface area contributed by atoms with Crippen molar-refractivity contribution in [3.63, 3.8) is 0 Å². The zero-order chi connectivity index (χ0) is 24.2. The molecule has 2 heterocycles. The largest absolute Gasteiger partial charge is 0.459 e. The topological polar surface area (TPSA) is 129 Å². The number of rotatable bonds is 6. The van der Waals surface area contributed by atoms with Crippen molar-refractivity contribution in [3.8, 4) is 6.07 Å². The van der Waals surface area contributed by atoms with Crippen LogP contribution in [-0.4, -0.2) is 40.3 Å². The van der Waals surface area contributed by atoms with Crippen LogP contribution in [0.3, 0.4) is 0 Å². The van der Waals surface area contributed by atoms with E-state index in [1.54, 1.807) is 24.3 Å². The summed E-state index contributed by atoms with van der Waals surface area (Å²) in [5.41, 5.74) is 8.93. The first-order valence-electron chi connectivity index (χ1n) is 10.7. The molecule has 0 saturated carbocycles. The first-order chi connectivity index (χ1) is 16.4. The van der Waals surface area contributed by atoms with Gasteiger partial charge in [-0.05, 0) is 38.1 Å². The molecule has 34 heavy (non-hydrogen) atoms. The van der Waals surface area contributed by atoms with Gasteiger partial charge in [-0.1, -0.05) is 35.4 Å². The number of nitrogens with zero attached hydrogens (tertiary/aromatic N) is 3. The Balaban J connectivity index is 1.50. The molecule has 0 bridgehead atoms. The number of ether oxygens (including phenoxy) is 3. The first kappa shape index (κ1) is 23.0. The number of aromatic nitrogens is 2. The van der Waals surface area contributed by atoms with Crippen molar-refractivity contribution in [1.82, 2.24) is 9.55 Å². The highest BCUT2D eigenvalue weighted by atomic mass is 16.6. The average Bonchev–Trinajstić information content (AvgIpc) is 3.40.